The van der Waals surface area contributed by atoms with Crippen LogP contribution in [0.3, 0.4) is 0 Å². The van der Waals surface area contributed by atoms with Gasteiger partial charge in [-0.25, -0.2) is 0 Å². The number of para-hydroxylation sites is 1. The zero-order valence-electron chi connectivity index (χ0n) is 11.7. The van der Waals surface area contributed by atoms with E-state index in [1.165, 1.54) is 39.0 Å². The monoisotopic (exact) mass is 338 g/mol. The van der Waals surface area contributed by atoms with Crippen LogP contribution in [0.5, 0.6) is 0 Å². The molecule has 3 heteroatoms. The Bertz CT molecular complexity index is 874. The molecule has 0 amide bonds. The quantitative estimate of drug-likeness (QED) is 0.626. The minimum atomic E-state index is 0.876. The highest BCUT2D eigenvalue weighted by molar-refractivity contribution is 9.10. The van der Waals surface area contributed by atoms with Gasteiger partial charge in [-0.15, -0.1) is 0 Å². The van der Waals surface area contributed by atoms with E-state index in [1.54, 1.807) is 0 Å². The van der Waals surface area contributed by atoms with Crippen LogP contribution >= 0.6 is 15.9 Å². The van der Waals surface area contributed by atoms with Gasteiger partial charge >= 0.3 is 0 Å². The van der Waals surface area contributed by atoms with Crippen LogP contribution < -0.4 is 5.32 Å². The van der Waals surface area contributed by atoms with Crippen LogP contribution in [0.25, 0.3) is 22.6 Å². The Morgan fingerprint density at radius 2 is 2.00 bits per heavy atom. The van der Waals surface area contributed by atoms with Crippen molar-refractivity contribution in [2.75, 3.05) is 11.9 Å². The summed E-state index contributed by atoms with van der Waals surface area (Å²) in [5, 5.41) is 4.74. The average Bonchev–Trinajstić information content (AvgIpc) is 3.02. The van der Waals surface area contributed by atoms with Crippen molar-refractivity contribution in [3.05, 3.63) is 63.8 Å². The molecule has 0 spiro atoms. The highest BCUT2D eigenvalue weighted by Crippen LogP contribution is 2.35. The molecule has 0 radical (unpaired) electrons. The fourth-order valence-electron chi connectivity index (χ4n) is 2.97. The summed E-state index contributed by atoms with van der Waals surface area (Å²) < 4.78 is 1.12. The topological polar surface area (TPSA) is 27.8 Å². The number of aromatic amines is 1. The van der Waals surface area contributed by atoms with Crippen molar-refractivity contribution in [1.29, 1.82) is 0 Å². The number of aryl methyl sites for hydroxylation is 1. The van der Waals surface area contributed by atoms with Gasteiger partial charge in [-0.3, -0.25) is 0 Å². The molecule has 2 heterocycles. The number of hydrogen-bond donors (Lipinski definition) is 2. The number of halogens is 1. The van der Waals surface area contributed by atoms with Gasteiger partial charge in [0, 0.05) is 38.9 Å². The molecule has 0 saturated heterocycles. The van der Waals surface area contributed by atoms with E-state index in [0.717, 1.165) is 11.0 Å². The second-order valence-corrected chi connectivity index (χ2v) is 6.34. The van der Waals surface area contributed by atoms with Crippen molar-refractivity contribution in [2.24, 2.45) is 0 Å². The predicted molar refractivity (Wildman–Crippen MR) is 93.5 cm³/mol. The molecule has 3 aromatic rings. The van der Waals surface area contributed by atoms with Crippen molar-refractivity contribution in [3.63, 3.8) is 0 Å². The fraction of sp³-hybridized carbons (Fsp3) is 0.111. The van der Waals surface area contributed by atoms with Crippen LogP contribution in [0.15, 0.2) is 46.9 Å². The molecule has 1 aromatic heterocycles. The van der Waals surface area contributed by atoms with Crippen LogP contribution in [-0.2, 0) is 0 Å². The highest BCUT2D eigenvalue weighted by Gasteiger charge is 2.16. The molecule has 0 fully saturated rings. The van der Waals surface area contributed by atoms with Gasteiger partial charge in [-0.1, -0.05) is 34.1 Å². The minimum absolute atomic E-state index is 0.876. The summed E-state index contributed by atoms with van der Waals surface area (Å²) in [7, 11) is 0. The van der Waals surface area contributed by atoms with E-state index in [2.05, 4.69) is 81.7 Å². The molecule has 0 saturated carbocycles. The van der Waals surface area contributed by atoms with E-state index < -0.39 is 0 Å². The van der Waals surface area contributed by atoms with Crippen LogP contribution in [0, 0.1) is 6.92 Å². The molecular formula is C18H15BrN2. The number of anilines is 1. The number of nitrogens with one attached hydrogen (secondary N) is 2. The smallest absolute Gasteiger partial charge is 0.0461 e. The Labute approximate surface area is 132 Å². The highest BCUT2D eigenvalue weighted by atomic mass is 79.9. The summed E-state index contributed by atoms with van der Waals surface area (Å²) in [4.78, 5) is 3.52. The maximum atomic E-state index is 3.56. The molecule has 2 nitrogen and oxygen atoms in total. The molecule has 0 atom stereocenters. The van der Waals surface area contributed by atoms with Crippen molar-refractivity contribution >= 4 is 44.2 Å². The normalized spacial score (nSPS) is 15.4. The molecule has 1 aliphatic heterocycles. The Hall–Kier alpha value is -2.00. The number of rotatable bonds is 1. The minimum Gasteiger partial charge on any atom is -0.380 e. The molecule has 4 rings (SSSR count). The number of fused-ring (bicyclic) bond motifs is 2. The molecule has 1 aliphatic rings. The fourth-order valence-corrected chi connectivity index (χ4v) is 3.33. The van der Waals surface area contributed by atoms with Crippen molar-refractivity contribution in [2.45, 2.75) is 6.92 Å². The van der Waals surface area contributed by atoms with Gasteiger partial charge in [0.2, 0.25) is 0 Å². The van der Waals surface area contributed by atoms with Gasteiger partial charge in [0.15, 0.2) is 0 Å². The van der Waals surface area contributed by atoms with Crippen molar-refractivity contribution < 1.29 is 0 Å². The predicted octanol–water partition coefficient (Wildman–Crippen LogP) is 5.20. The summed E-state index contributed by atoms with van der Waals surface area (Å²) in [6.45, 7) is 3.05. The molecule has 0 aliphatic carbocycles. The Balaban J connectivity index is 1.85. The lowest BCUT2D eigenvalue weighted by Crippen LogP contribution is -1.91. The third kappa shape index (κ3) is 2.09. The zero-order chi connectivity index (χ0) is 14.4. The molecule has 2 N–H and O–H groups in total. The van der Waals surface area contributed by atoms with Gasteiger partial charge in [-0.2, -0.15) is 0 Å². The van der Waals surface area contributed by atoms with Crippen LogP contribution in [0.2, 0.25) is 0 Å². The third-order valence-corrected chi connectivity index (χ3v) is 4.61. The number of aromatic nitrogens is 1. The lowest BCUT2D eigenvalue weighted by molar-refractivity contribution is 1.37. The first-order valence-corrected chi connectivity index (χ1v) is 7.83. The first kappa shape index (κ1) is 12.7. The summed E-state index contributed by atoms with van der Waals surface area (Å²) in [6, 6.07) is 14.8. The molecule has 0 bridgehead atoms. The zero-order valence-corrected chi connectivity index (χ0v) is 13.3. The van der Waals surface area contributed by atoms with E-state index in [9.17, 15) is 0 Å². The van der Waals surface area contributed by atoms with Crippen molar-refractivity contribution in [3.8, 4) is 0 Å². The first-order valence-electron chi connectivity index (χ1n) is 7.04. The number of benzene rings is 2. The summed E-state index contributed by atoms with van der Waals surface area (Å²) >= 11 is 3.56. The molecule has 21 heavy (non-hydrogen) atoms. The lowest BCUT2D eigenvalue weighted by atomic mass is 10.1. The standard InChI is InChI=1S/C18H15BrN2/c1-11-14-4-2-3-5-17(14)21-18(11)8-12-10-20-16-7-6-13(19)9-15(12)16/h2-9,20-21H,10H2,1H3/b12-8+. The maximum absolute atomic E-state index is 3.56. The van der Waals surface area contributed by atoms with Crippen LogP contribution in [0.1, 0.15) is 16.8 Å². The first-order chi connectivity index (χ1) is 10.2. The van der Waals surface area contributed by atoms with Crippen molar-refractivity contribution in [1.82, 2.24) is 4.98 Å². The largest absolute Gasteiger partial charge is 0.380 e. The second kappa shape index (κ2) is 4.78. The number of H-pyrrole nitrogens is 1. The Kier molecular flexibility index (Phi) is 2.89. The maximum Gasteiger partial charge on any atom is 0.0461 e. The molecular weight excluding hydrogens is 324 g/mol. The van der Waals surface area contributed by atoms with E-state index in [4.69, 9.17) is 0 Å². The van der Waals surface area contributed by atoms with Gasteiger partial charge in [0.1, 0.15) is 0 Å². The number of hydrogen-bond acceptors (Lipinski definition) is 1. The van der Waals surface area contributed by atoms with E-state index >= 15 is 0 Å². The second-order valence-electron chi connectivity index (χ2n) is 5.42. The van der Waals surface area contributed by atoms with Crippen LogP contribution in [-0.4, -0.2) is 11.5 Å². The summed E-state index contributed by atoms with van der Waals surface area (Å²) in [6.07, 6.45) is 2.26. The van der Waals surface area contributed by atoms with E-state index in [-0.39, 0.29) is 0 Å². The SMILES string of the molecule is Cc1c(/C=C2\CNc3ccc(Br)cc32)[nH]c2ccccc12. The Morgan fingerprint density at radius 1 is 1.14 bits per heavy atom. The molecule has 104 valence electrons. The Morgan fingerprint density at radius 3 is 2.86 bits per heavy atom. The van der Waals surface area contributed by atoms with Gasteiger partial charge in [0.25, 0.3) is 0 Å². The van der Waals surface area contributed by atoms with Crippen LogP contribution in [0.4, 0.5) is 5.69 Å². The van der Waals surface area contributed by atoms with Gasteiger partial charge in [0.05, 0.1) is 0 Å². The third-order valence-electron chi connectivity index (χ3n) is 4.12. The summed E-state index contributed by atoms with van der Waals surface area (Å²) in [5.41, 5.74) is 7.51. The van der Waals surface area contributed by atoms with E-state index in [0.29, 0.717) is 0 Å². The van der Waals surface area contributed by atoms with E-state index in [1.807, 2.05) is 0 Å². The van der Waals surface area contributed by atoms with Gasteiger partial charge in [-0.05, 0) is 48.4 Å². The molecule has 2 aromatic carbocycles. The average molecular weight is 339 g/mol. The van der Waals surface area contributed by atoms with Gasteiger partial charge < -0.3 is 10.3 Å². The summed E-state index contributed by atoms with van der Waals surface area (Å²) in [5.74, 6) is 0. The molecule has 0 unspecified atom stereocenters. The lowest BCUT2D eigenvalue weighted by Gasteiger charge is -2.01.